The maximum atomic E-state index is 5.83. The highest BCUT2D eigenvalue weighted by atomic mass is 32.1. The summed E-state index contributed by atoms with van der Waals surface area (Å²) in [6.45, 7) is 4.63. The Morgan fingerprint density at radius 1 is 1.29 bits per heavy atom. The summed E-state index contributed by atoms with van der Waals surface area (Å²) < 4.78 is 5.83. The van der Waals surface area contributed by atoms with E-state index in [1.165, 1.54) is 16.3 Å². The van der Waals surface area contributed by atoms with Crippen LogP contribution < -0.4 is 10.2 Å². The van der Waals surface area contributed by atoms with Gasteiger partial charge in [0, 0.05) is 36.6 Å². The molecule has 4 rings (SSSR count). The lowest BCUT2D eigenvalue weighted by atomic mass is 10.1. The average molecular weight is 301 g/mol. The van der Waals surface area contributed by atoms with Crippen LogP contribution in [-0.4, -0.2) is 31.2 Å². The van der Waals surface area contributed by atoms with Crippen molar-refractivity contribution in [2.24, 2.45) is 0 Å². The van der Waals surface area contributed by atoms with Crippen molar-refractivity contribution in [1.29, 1.82) is 0 Å². The minimum absolute atomic E-state index is 0.138. The average Bonchev–Trinajstić information content (AvgIpc) is 2.99. The predicted octanol–water partition coefficient (Wildman–Crippen LogP) is 2.37. The number of thiazole rings is 1. The molecule has 0 radical (unpaired) electrons. The topological polar surface area (TPSA) is 37.4 Å². The molecule has 4 nitrogen and oxygen atoms in total. The number of hydrogen-bond acceptors (Lipinski definition) is 5. The lowest BCUT2D eigenvalue weighted by Gasteiger charge is -2.28. The summed E-state index contributed by atoms with van der Waals surface area (Å²) in [6, 6.07) is 10.6. The van der Waals surface area contributed by atoms with E-state index in [4.69, 9.17) is 9.72 Å². The molecule has 2 aromatic rings. The van der Waals surface area contributed by atoms with Crippen LogP contribution in [0.15, 0.2) is 30.3 Å². The summed E-state index contributed by atoms with van der Waals surface area (Å²) in [7, 11) is 0. The fraction of sp³-hybridized carbons (Fsp3) is 0.438. The van der Waals surface area contributed by atoms with Gasteiger partial charge in [0.05, 0.1) is 18.8 Å². The van der Waals surface area contributed by atoms with Gasteiger partial charge in [-0.25, -0.2) is 4.98 Å². The Balaban J connectivity index is 1.54. The fourth-order valence-corrected chi connectivity index (χ4v) is 4.11. The molecule has 1 unspecified atom stereocenters. The standard InChI is InChI=1S/C16H19N3OS/c1-2-4-12(5-3-1)19-8-6-13-15(11-19)21-16(18-13)14-10-17-7-9-20-14/h1-5,14,17H,6-11H2. The number of benzene rings is 1. The normalized spacial score (nSPS) is 22.1. The van der Waals surface area contributed by atoms with E-state index in [2.05, 4.69) is 40.5 Å². The summed E-state index contributed by atoms with van der Waals surface area (Å²) in [5.74, 6) is 0. The molecule has 0 saturated carbocycles. The zero-order valence-corrected chi connectivity index (χ0v) is 12.7. The quantitative estimate of drug-likeness (QED) is 0.924. The van der Waals surface area contributed by atoms with Gasteiger partial charge in [-0.15, -0.1) is 11.3 Å². The number of anilines is 1. The zero-order valence-electron chi connectivity index (χ0n) is 11.9. The molecule has 0 amide bonds. The molecule has 0 aliphatic carbocycles. The first-order chi connectivity index (χ1) is 10.4. The third kappa shape index (κ3) is 2.69. The summed E-state index contributed by atoms with van der Waals surface area (Å²) in [5.41, 5.74) is 2.57. The summed E-state index contributed by atoms with van der Waals surface area (Å²) in [6.07, 6.45) is 1.17. The van der Waals surface area contributed by atoms with Crippen molar-refractivity contribution < 1.29 is 4.74 Å². The number of nitrogens with zero attached hydrogens (tertiary/aromatic N) is 2. The Hall–Kier alpha value is -1.43. The van der Waals surface area contributed by atoms with Crippen molar-refractivity contribution in [3.05, 3.63) is 45.9 Å². The Kier molecular flexibility index (Phi) is 3.63. The van der Waals surface area contributed by atoms with Crippen molar-refractivity contribution in [2.45, 2.75) is 19.1 Å². The first-order valence-corrected chi connectivity index (χ1v) is 8.32. The molecule has 3 heterocycles. The number of nitrogens with one attached hydrogen (secondary N) is 1. The highest BCUT2D eigenvalue weighted by Crippen LogP contribution is 2.32. The first kappa shape index (κ1) is 13.2. The fourth-order valence-electron chi connectivity index (χ4n) is 2.94. The zero-order chi connectivity index (χ0) is 14.1. The molecule has 5 heteroatoms. The van der Waals surface area contributed by atoms with Crippen LogP contribution in [0, 0.1) is 0 Å². The molecule has 1 atom stereocenters. The van der Waals surface area contributed by atoms with E-state index in [1.54, 1.807) is 0 Å². The maximum absolute atomic E-state index is 5.83. The van der Waals surface area contributed by atoms with Gasteiger partial charge in [-0.05, 0) is 12.1 Å². The van der Waals surface area contributed by atoms with Crippen LogP contribution in [-0.2, 0) is 17.7 Å². The number of rotatable bonds is 2. The molecular weight excluding hydrogens is 282 g/mol. The van der Waals surface area contributed by atoms with Crippen LogP contribution in [0.2, 0.25) is 0 Å². The van der Waals surface area contributed by atoms with Crippen molar-refractivity contribution in [3.8, 4) is 0 Å². The van der Waals surface area contributed by atoms with E-state index in [1.807, 2.05) is 11.3 Å². The third-order valence-electron chi connectivity index (χ3n) is 4.07. The molecule has 1 aromatic carbocycles. The lowest BCUT2D eigenvalue weighted by molar-refractivity contribution is 0.0275. The Morgan fingerprint density at radius 2 is 2.19 bits per heavy atom. The van der Waals surface area contributed by atoms with Gasteiger partial charge in [-0.1, -0.05) is 18.2 Å². The number of ether oxygens (including phenoxy) is 1. The SMILES string of the molecule is c1ccc(N2CCc3nc(C4CNCCO4)sc3C2)cc1. The lowest BCUT2D eigenvalue weighted by Crippen LogP contribution is -2.33. The van der Waals surface area contributed by atoms with Gasteiger partial charge in [0.15, 0.2) is 0 Å². The van der Waals surface area contributed by atoms with Gasteiger partial charge in [-0.2, -0.15) is 0 Å². The van der Waals surface area contributed by atoms with Crippen LogP contribution in [0.3, 0.4) is 0 Å². The van der Waals surface area contributed by atoms with Gasteiger partial charge in [0.2, 0.25) is 0 Å². The molecule has 2 aliphatic rings. The van der Waals surface area contributed by atoms with Crippen molar-refractivity contribution in [3.63, 3.8) is 0 Å². The van der Waals surface area contributed by atoms with Crippen LogP contribution in [0.25, 0.3) is 0 Å². The number of hydrogen-bond donors (Lipinski definition) is 1. The third-order valence-corrected chi connectivity index (χ3v) is 5.25. The Morgan fingerprint density at radius 3 is 3.00 bits per heavy atom. The molecule has 1 saturated heterocycles. The predicted molar refractivity (Wildman–Crippen MR) is 84.9 cm³/mol. The van der Waals surface area contributed by atoms with Crippen LogP contribution in [0.1, 0.15) is 21.7 Å². The van der Waals surface area contributed by atoms with E-state index in [9.17, 15) is 0 Å². The minimum Gasteiger partial charge on any atom is -0.368 e. The van der Waals surface area contributed by atoms with E-state index in [0.29, 0.717) is 0 Å². The summed E-state index contributed by atoms with van der Waals surface area (Å²) >= 11 is 1.82. The molecule has 1 N–H and O–H groups in total. The van der Waals surface area contributed by atoms with Crippen LogP contribution >= 0.6 is 11.3 Å². The number of morpholine rings is 1. The smallest absolute Gasteiger partial charge is 0.123 e. The van der Waals surface area contributed by atoms with Crippen molar-refractivity contribution in [2.75, 3.05) is 31.1 Å². The van der Waals surface area contributed by atoms with Gasteiger partial charge in [0.1, 0.15) is 11.1 Å². The molecule has 0 bridgehead atoms. The molecule has 2 aliphatic heterocycles. The minimum atomic E-state index is 0.138. The second-order valence-electron chi connectivity index (χ2n) is 5.49. The first-order valence-electron chi connectivity index (χ1n) is 7.51. The largest absolute Gasteiger partial charge is 0.368 e. The second kappa shape index (κ2) is 5.75. The molecule has 0 spiro atoms. The van der Waals surface area contributed by atoms with Crippen molar-refractivity contribution >= 4 is 17.0 Å². The van der Waals surface area contributed by atoms with Gasteiger partial charge in [0.25, 0.3) is 0 Å². The Labute approximate surface area is 128 Å². The maximum Gasteiger partial charge on any atom is 0.123 e. The number of fused-ring (bicyclic) bond motifs is 1. The molecule has 1 fully saturated rings. The van der Waals surface area contributed by atoms with E-state index < -0.39 is 0 Å². The van der Waals surface area contributed by atoms with Gasteiger partial charge in [-0.3, -0.25) is 0 Å². The number of para-hydroxylation sites is 1. The van der Waals surface area contributed by atoms with E-state index in [-0.39, 0.29) is 6.10 Å². The molecule has 110 valence electrons. The highest BCUT2D eigenvalue weighted by molar-refractivity contribution is 7.11. The van der Waals surface area contributed by atoms with E-state index >= 15 is 0 Å². The second-order valence-corrected chi connectivity index (χ2v) is 6.61. The summed E-state index contributed by atoms with van der Waals surface area (Å²) in [4.78, 5) is 8.66. The summed E-state index contributed by atoms with van der Waals surface area (Å²) in [5, 5.41) is 4.52. The highest BCUT2D eigenvalue weighted by Gasteiger charge is 2.25. The van der Waals surface area contributed by atoms with Crippen molar-refractivity contribution in [1.82, 2.24) is 10.3 Å². The van der Waals surface area contributed by atoms with Gasteiger partial charge < -0.3 is 15.0 Å². The van der Waals surface area contributed by atoms with Crippen LogP contribution in [0.5, 0.6) is 0 Å². The van der Waals surface area contributed by atoms with Crippen LogP contribution in [0.4, 0.5) is 5.69 Å². The molecular formula is C16H19N3OS. The van der Waals surface area contributed by atoms with E-state index in [0.717, 1.165) is 44.2 Å². The molecule has 1 aromatic heterocycles. The number of aromatic nitrogens is 1. The molecule has 21 heavy (non-hydrogen) atoms. The van der Waals surface area contributed by atoms with Gasteiger partial charge >= 0.3 is 0 Å². The Bertz CT molecular complexity index is 607. The monoisotopic (exact) mass is 301 g/mol.